The van der Waals surface area contributed by atoms with Crippen LogP contribution in [-0.2, 0) is 9.84 Å². The monoisotopic (exact) mass is 290 g/mol. The molecular formula is C13H26N2O3S. The van der Waals surface area contributed by atoms with Crippen LogP contribution in [-0.4, -0.2) is 80.2 Å². The van der Waals surface area contributed by atoms with Crippen LogP contribution in [0.2, 0.25) is 0 Å². The Kier molecular flexibility index (Phi) is 5.22. The molecular weight excluding hydrogens is 264 g/mol. The highest BCUT2D eigenvalue weighted by Gasteiger charge is 2.24. The van der Waals surface area contributed by atoms with Crippen molar-refractivity contribution in [2.75, 3.05) is 50.8 Å². The van der Waals surface area contributed by atoms with E-state index < -0.39 is 9.84 Å². The molecule has 1 atom stereocenters. The second-order valence-corrected chi connectivity index (χ2v) is 8.39. The standard InChI is InChI=1S/C13H26N2O3S/c1-12-2-4-14(5-3-12)10-13(16)11-15-6-8-19(17,18)9-7-15/h12-13,16H,2-11H2,1H3. The highest BCUT2D eigenvalue weighted by atomic mass is 32.2. The average molecular weight is 290 g/mol. The first-order valence-electron chi connectivity index (χ1n) is 7.28. The van der Waals surface area contributed by atoms with Crippen molar-refractivity contribution in [3.05, 3.63) is 0 Å². The fraction of sp³-hybridized carbons (Fsp3) is 1.00. The Bertz CT molecular complexity index is 363. The Morgan fingerprint density at radius 2 is 1.53 bits per heavy atom. The Hall–Kier alpha value is -0.170. The molecule has 2 fully saturated rings. The quantitative estimate of drug-likeness (QED) is 0.778. The lowest BCUT2D eigenvalue weighted by molar-refractivity contribution is 0.0635. The topological polar surface area (TPSA) is 60.9 Å². The van der Waals surface area contributed by atoms with Crippen LogP contribution in [0.25, 0.3) is 0 Å². The summed E-state index contributed by atoms with van der Waals surface area (Å²) in [5.41, 5.74) is 0. The molecule has 0 aromatic heterocycles. The zero-order valence-corrected chi connectivity index (χ0v) is 12.6. The first-order chi connectivity index (χ1) is 8.94. The number of β-amino-alcohol motifs (C(OH)–C–C–N with tert-alkyl or cyclic N) is 1. The summed E-state index contributed by atoms with van der Waals surface area (Å²) < 4.78 is 22.7. The summed E-state index contributed by atoms with van der Waals surface area (Å²) >= 11 is 0. The number of sulfone groups is 1. The molecule has 2 aliphatic rings. The highest BCUT2D eigenvalue weighted by molar-refractivity contribution is 7.91. The Labute approximate surface area is 116 Å². The summed E-state index contributed by atoms with van der Waals surface area (Å²) in [5, 5.41) is 10.1. The van der Waals surface area contributed by atoms with E-state index in [2.05, 4.69) is 16.7 Å². The van der Waals surface area contributed by atoms with Gasteiger partial charge in [0.15, 0.2) is 9.84 Å². The van der Waals surface area contributed by atoms with Gasteiger partial charge < -0.3 is 10.0 Å². The summed E-state index contributed by atoms with van der Waals surface area (Å²) in [5.74, 6) is 1.28. The molecule has 0 amide bonds. The maximum atomic E-state index is 11.3. The zero-order chi connectivity index (χ0) is 13.9. The minimum atomic E-state index is -2.82. The van der Waals surface area contributed by atoms with Crippen molar-refractivity contribution in [1.82, 2.24) is 9.80 Å². The molecule has 0 spiro atoms. The largest absolute Gasteiger partial charge is 0.390 e. The average Bonchev–Trinajstić information content (AvgIpc) is 2.35. The van der Waals surface area contributed by atoms with Crippen LogP contribution in [0.4, 0.5) is 0 Å². The number of nitrogens with zero attached hydrogens (tertiary/aromatic N) is 2. The van der Waals surface area contributed by atoms with Gasteiger partial charge in [-0.2, -0.15) is 0 Å². The van der Waals surface area contributed by atoms with Gasteiger partial charge in [-0.25, -0.2) is 8.42 Å². The normalized spacial score (nSPS) is 28.3. The van der Waals surface area contributed by atoms with E-state index in [9.17, 15) is 13.5 Å². The van der Waals surface area contributed by atoms with Gasteiger partial charge in [-0.3, -0.25) is 4.90 Å². The van der Waals surface area contributed by atoms with Crippen LogP contribution in [0.1, 0.15) is 19.8 Å². The second kappa shape index (κ2) is 6.52. The smallest absolute Gasteiger partial charge is 0.152 e. The van der Waals surface area contributed by atoms with Crippen LogP contribution >= 0.6 is 0 Å². The first-order valence-corrected chi connectivity index (χ1v) is 9.10. The first kappa shape index (κ1) is 15.2. The van der Waals surface area contributed by atoms with Crippen molar-refractivity contribution >= 4 is 9.84 Å². The van der Waals surface area contributed by atoms with E-state index in [-0.39, 0.29) is 17.6 Å². The number of piperidine rings is 1. The van der Waals surface area contributed by atoms with E-state index in [1.54, 1.807) is 0 Å². The molecule has 1 N–H and O–H groups in total. The van der Waals surface area contributed by atoms with E-state index >= 15 is 0 Å². The fourth-order valence-electron chi connectivity index (χ4n) is 2.83. The molecule has 5 nitrogen and oxygen atoms in total. The lowest BCUT2D eigenvalue weighted by Gasteiger charge is -2.34. The van der Waals surface area contributed by atoms with Crippen LogP contribution in [0, 0.1) is 5.92 Å². The van der Waals surface area contributed by atoms with E-state index in [0.717, 1.165) is 25.6 Å². The van der Waals surface area contributed by atoms with Gasteiger partial charge in [-0.15, -0.1) is 0 Å². The van der Waals surface area contributed by atoms with Crippen molar-refractivity contribution in [3.8, 4) is 0 Å². The molecule has 0 aliphatic carbocycles. The van der Waals surface area contributed by atoms with Crippen molar-refractivity contribution in [1.29, 1.82) is 0 Å². The molecule has 19 heavy (non-hydrogen) atoms. The van der Waals surface area contributed by atoms with E-state index in [1.807, 2.05) is 0 Å². The summed E-state index contributed by atoms with van der Waals surface area (Å²) in [4.78, 5) is 4.39. The number of hydrogen-bond acceptors (Lipinski definition) is 5. The number of rotatable bonds is 4. The van der Waals surface area contributed by atoms with Crippen molar-refractivity contribution in [3.63, 3.8) is 0 Å². The maximum Gasteiger partial charge on any atom is 0.152 e. The van der Waals surface area contributed by atoms with Crippen molar-refractivity contribution in [2.24, 2.45) is 5.92 Å². The molecule has 112 valence electrons. The summed E-state index contributed by atoms with van der Waals surface area (Å²) in [6.45, 7) is 6.88. The molecule has 0 aromatic carbocycles. The SMILES string of the molecule is CC1CCN(CC(O)CN2CCS(=O)(=O)CC2)CC1. The van der Waals surface area contributed by atoms with Gasteiger partial charge in [0.25, 0.3) is 0 Å². The lowest BCUT2D eigenvalue weighted by Crippen LogP contribution is -2.47. The minimum absolute atomic E-state index is 0.237. The molecule has 6 heteroatoms. The summed E-state index contributed by atoms with van der Waals surface area (Å²) in [6.07, 6.45) is 2.07. The van der Waals surface area contributed by atoms with Gasteiger partial charge in [0, 0.05) is 26.2 Å². The minimum Gasteiger partial charge on any atom is -0.390 e. The van der Waals surface area contributed by atoms with Crippen molar-refractivity contribution in [2.45, 2.75) is 25.9 Å². The van der Waals surface area contributed by atoms with E-state index in [1.165, 1.54) is 12.8 Å². The van der Waals surface area contributed by atoms with E-state index in [0.29, 0.717) is 19.6 Å². The number of aliphatic hydroxyl groups is 1. The molecule has 0 bridgehead atoms. The third-order valence-corrected chi connectivity index (χ3v) is 5.86. The summed E-state index contributed by atoms with van der Waals surface area (Å²) in [7, 11) is -2.82. The van der Waals surface area contributed by atoms with Gasteiger partial charge in [0.05, 0.1) is 17.6 Å². The predicted molar refractivity (Wildman–Crippen MR) is 75.9 cm³/mol. The molecule has 1 unspecified atom stereocenters. The number of likely N-dealkylation sites (tertiary alicyclic amines) is 1. The maximum absolute atomic E-state index is 11.3. The molecule has 2 heterocycles. The molecule has 2 aliphatic heterocycles. The molecule has 2 saturated heterocycles. The van der Waals surface area contributed by atoms with Crippen LogP contribution in [0.3, 0.4) is 0 Å². The third kappa shape index (κ3) is 5.02. The van der Waals surface area contributed by atoms with Gasteiger partial charge in [-0.1, -0.05) is 6.92 Å². The third-order valence-electron chi connectivity index (χ3n) is 4.25. The summed E-state index contributed by atoms with van der Waals surface area (Å²) in [6, 6.07) is 0. The van der Waals surface area contributed by atoms with Crippen LogP contribution in [0.5, 0.6) is 0 Å². The second-order valence-electron chi connectivity index (χ2n) is 6.09. The number of hydrogen-bond donors (Lipinski definition) is 1. The fourth-order valence-corrected chi connectivity index (χ4v) is 4.11. The molecule has 0 aromatic rings. The Balaban J connectivity index is 1.68. The van der Waals surface area contributed by atoms with Crippen LogP contribution in [0.15, 0.2) is 0 Å². The van der Waals surface area contributed by atoms with Gasteiger partial charge >= 0.3 is 0 Å². The van der Waals surface area contributed by atoms with Gasteiger partial charge in [0.2, 0.25) is 0 Å². The number of aliphatic hydroxyl groups excluding tert-OH is 1. The zero-order valence-electron chi connectivity index (χ0n) is 11.8. The molecule has 0 radical (unpaired) electrons. The molecule has 2 rings (SSSR count). The highest BCUT2D eigenvalue weighted by Crippen LogP contribution is 2.16. The Morgan fingerprint density at radius 3 is 2.05 bits per heavy atom. The molecule has 0 saturated carbocycles. The lowest BCUT2D eigenvalue weighted by atomic mass is 9.99. The predicted octanol–water partition coefficient (Wildman–Crippen LogP) is -0.190. The van der Waals surface area contributed by atoms with E-state index in [4.69, 9.17) is 0 Å². The van der Waals surface area contributed by atoms with Gasteiger partial charge in [-0.05, 0) is 31.8 Å². The Morgan fingerprint density at radius 1 is 1.05 bits per heavy atom. The van der Waals surface area contributed by atoms with Crippen LogP contribution < -0.4 is 0 Å². The van der Waals surface area contributed by atoms with Crippen molar-refractivity contribution < 1.29 is 13.5 Å². The van der Waals surface area contributed by atoms with Gasteiger partial charge in [0.1, 0.15) is 0 Å².